The van der Waals surface area contributed by atoms with Gasteiger partial charge in [-0.15, -0.1) is 45.5 Å². The zero-order valence-corrected chi connectivity index (χ0v) is 18.6. The van der Waals surface area contributed by atoms with Gasteiger partial charge in [0.25, 0.3) is 0 Å². The highest BCUT2D eigenvalue weighted by atomic mass is 127. The Kier molecular flexibility index (Phi) is 8.46. The molecular weight excluding hydrogens is 506 g/mol. The summed E-state index contributed by atoms with van der Waals surface area (Å²) in [4.78, 5) is 7.75. The molecule has 0 aliphatic carbocycles. The summed E-state index contributed by atoms with van der Waals surface area (Å²) in [5.74, 6) is 2.45. The van der Waals surface area contributed by atoms with Crippen molar-refractivity contribution in [3.8, 4) is 0 Å². The summed E-state index contributed by atoms with van der Waals surface area (Å²) >= 11 is 1.01. The Bertz CT molecular complexity index is 788. The van der Waals surface area contributed by atoms with Crippen LogP contribution in [0.2, 0.25) is 0 Å². The third-order valence-electron chi connectivity index (χ3n) is 4.30. The van der Waals surface area contributed by atoms with E-state index in [1.807, 2.05) is 0 Å². The molecule has 3 rings (SSSR count). The van der Waals surface area contributed by atoms with E-state index in [-0.39, 0.29) is 24.0 Å². The van der Waals surface area contributed by atoms with Gasteiger partial charge >= 0.3 is 6.18 Å². The summed E-state index contributed by atoms with van der Waals surface area (Å²) in [5, 5.41) is 16.3. The van der Waals surface area contributed by atoms with Gasteiger partial charge in [-0.3, -0.25) is 4.99 Å². The van der Waals surface area contributed by atoms with Crippen molar-refractivity contribution in [1.29, 1.82) is 0 Å². The van der Waals surface area contributed by atoms with E-state index in [4.69, 9.17) is 0 Å². The topological polar surface area (TPSA) is 80.0 Å². The van der Waals surface area contributed by atoms with E-state index in [1.54, 1.807) is 7.05 Å². The van der Waals surface area contributed by atoms with Gasteiger partial charge in [0.1, 0.15) is 5.82 Å². The Labute approximate surface area is 182 Å². The number of nitrogens with one attached hydrogen (secondary N) is 2. The molecule has 0 aromatic carbocycles. The number of hydrogen-bond acceptors (Lipinski definition) is 5. The maximum atomic E-state index is 12.6. The predicted octanol–water partition coefficient (Wildman–Crippen LogP) is 3.01. The van der Waals surface area contributed by atoms with Crippen LogP contribution in [0, 0.1) is 0 Å². The SMILES string of the molecule is CN=C(NCCc1nc(C(F)(F)F)cs1)NCc1nnc2n1CCCCC2.I. The van der Waals surface area contributed by atoms with E-state index in [1.165, 1.54) is 6.42 Å². The maximum Gasteiger partial charge on any atom is 0.434 e. The van der Waals surface area contributed by atoms with Gasteiger partial charge in [0, 0.05) is 38.4 Å². The highest BCUT2D eigenvalue weighted by Gasteiger charge is 2.33. The third kappa shape index (κ3) is 6.03. The van der Waals surface area contributed by atoms with Crippen molar-refractivity contribution >= 4 is 41.3 Å². The van der Waals surface area contributed by atoms with E-state index in [0.29, 0.717) is 30.5 Å². The third-order valence-corrected chi connectivity index (χ3v) is 5.21. The minimum absolute atomic E-state index is 0. The average molecular weight is 529 g/mol. The van der Waals surface area contributed by atoms with Crippen LogP contribution in [0.15, 0.2) is 10.4 Å². The number of halogens is 4. The van der Waals surface area contributed by atoms with Crippen molar-refractivity contribution in [2.75, 3.05) is 13.6 Å². The van der Waals surface area contributed by atoms with Gasteiger partial charge in [0.2, 0.25) is 0 Å². The second kappa shape index (κ2) is 10.4. The van der Waals surface area contributed by atoms with Gasteiger partial charge < -0.3 is 15.2 Å². The average Bonchev–Trinajstić information content (AvgIpc) is 3.19. The number of aromatic nitrogens is 4. The van der Waals surface area contributed by atoms with E-state index < -0.39 is 11.9 Å². The molecule has 28 heavy (non-hydrogen) atoms. The lowest BCUT2D eigenvalue weighted by atomic mass is 10.2. The fraction of sp³-hybridized carbons (Fsp3) is 0.625. The first kappa shape index (κ1) is 22.8. The molecule has 156 valence electrons. The van der Waals surface area contributed by atoms with E-state index in [9.17, 15) is 13.2 Å². The maximum absolute atomic E-state index is 12.6. The second-order valence-corrected chi connectivity index (χ2v) is 7.16. The summed E-state index contributed by atoms with van der Waals surface area (Å²) in [6, 6.07) is 0. The molecule has 0 bridgehead atoms. The summed E-state index contributed by atoms with van der Waals surface area (Å²) < 4.78 is 39.9. The number of nitrogens with zero attached hydrogens (tertiary/aromatic N) is 5. The Morgan fingerprint density at radius 2 is 2.07 bits per heavy atom. The fourth-order valence-corrected chi connectivity index (χ4v) is 3.71. The van der Waals surface area contributed by atoms with E-state index >= 15 is 0 Å². The predicted molar refractivity (Wildman–Crippen MR) is 112 cm³/mol. The van der Waals surface area contributed by atoms with Gasteiger partial charge in [-0.2, -0.15) is 13.2 Å². The second-order valence-electron chi connectivity index (χ2n) is 6.22. The first-order valence-electron chi connectivity index (χ1n) is 8.84. The number of rotatable bonds is 5. The summed E-state index contributed by atoms with van der Waals surface area (Å²) in [6.45, 7) is 1.85. The molecule has 0 saturated heterocycles. The first-order chi connectivity index (χ1) is 13.0. The lowest BCUT2D eigenvalue weighted by Crippen LogP contribution is -2.38. The summed E-state index contributed by atoms with van der Waals surface area (Å²) in [6.07, 6.45) is 0.415. The minimum Gasteiger partial charge on any atom is -0.356 e. The number of aryl methyl sites for hydroxylation is 1. The number of thiazole rings is 1. The lowest BCUT2D eigenvalue weighted by molar-refractivity contribution is -0.140. The molecular formula is C16H23F3IN7S. The van der Waals surface area contributed by atoms with Crippen LogP contribution in [0.4, 0.5) is 13.2 Å². The highest BCUT2D eigenvalue weighted by Crippen LogP contribution is 2.30. The largest absolute Gasteiger partial charge is 0.434 e. The Morgan fingerprint density at radius 1 is 1.25 bits per heavy atom. The number of hydrogen-bond donors (Lipinski definition) is 2. The van der Waals surface area contributed by atoms with Crippen LogP contribution >= 0.6 is 35.3 Å². The normalized spacial score (nSPS) is 14.8. The Morgan fingerprint density at radius 3 is 2.79 bits per heavy atom. The molecule has 1 aliphatic heterocycles. The van der Waals surface area contributed by atoms with Crippen LogP contribution in [-0.4, -0.2) is 39.3 Å². The van der Waals surface area contributed by atoms with Gasteiger partial charge in [0.15, 0.2) is 17.5 Å². The molecule has 0 atom stereocenters. The molecule has 2 N–H and O–H groups in total. The Hall–Kier alpha value is -1.44. The quantitative estimate of drug-likeness (QED) is 0.354. The molecule has 12 heteroatoms. The van der Waals surface area contributed by atoms with Crippen molar-refractivity contribution in [2.24, 2.45) is 4.99 Å². The van der Waals surface area contributed by atoms with Crippen LogP contribution in [-0.2, 0) is 32.1 Å². The lowest BCUT2D eigenvalue weighted by Gasteiger charge is -2.12. The zero-order valence-electron chi connectivity index (χ0n) is 15.4. The summed E-state index contributed by atoms with van der Waals surface area (Å²) in [7, 11) is 1.64. The Balaban J connectivity index is 0.00000280. The smallest absolute Gasteiger partial charge is 0.356 e. The molecule has 0 saturated carbocycles. The van der Waals surface area contributed by atoms with Crippen LogP contribution in [0.25, 0.3) is 0 Å². The van der Waals surface area contributed by atoms with Crippen LogP contribution in [0.5, 0.6) is 0 Å². The van der Waals surface area contributed by atoms with Crippen molar-refractivity contribution < 1.29 is 13.2 Å². The molecule has 3 heterocycles. The fourth-order valence-electron chi connectivity index (χ4n) is 2.90. The molecule has 1 aliphatic rings. The number of fused-ring (bicyclic) bond motifs is 1. The van der Waals surface area contributed by atoms with Crippen molar-refractivity contribution in [1.82, 2.24) is 30.4 Å². The molecule has 0 amide bonds. The van der Waals surface area contributed by atoms with E-state index in [2.05, 4.69) is 35.4 Å². The molecule has 2 aromatic heterocycles. The number of alkyl halides is 3. The van der Waals surface area contributed by atoms with Crippen LogP contribution < -0.4 is 10.6 Å². The zero-order chi connectivity index (χ0) is 19.3. The molecule has 0 spiro atoms. The molecule has 0 fully saturated rings. The number of aliphatic imine (C=N–C) groups is 1. The molecule has 0 radical (unpaired) electrons. The van der Waals surface area contributed by atoms with Crippen molar-refractivity contribution in [3.05, 3.63) is 27.7 Å². The van der Waals surface area contributed by atoms with Crippen LogP contribution in [0.1, 0.15) is 41.6 Å². The van der Waals surface area contributed by atoms with Crippen molar-refractivity contribution in [2.45, 2.75) is 51.4 Å². The van der Waals surface area contributed by atoms with Gasteiger partial charge in [-0.25, -0.2) is 4.98 Å². The minimum atomic E-state index is -4.39. The van der Waals surface area contributed by atoms with E-state index in [0.717, 1.165) is 54.2 Å². The standard InChI is InChI=1S/C16H22F3N7S.HI/c1-20-15(21-7-6-14-23-11(10-27-14)16(17,18)19)22-9-13-25-24-12-5-3-2-4-8-26(12)13;/h10H,2-9H2,1H3,(H2,20,21,22);1H. The van der Waals surface area contributed by atoms with Crippen molar-refractivity contribution in [3.63, 3.8) is 0 Å². The molecule has 0 unspecified atom stereocenters. The number of guanidine groups is 1. The van der Waals surface area contributed by atoms with Crippen LogP contribution in [0.3, 0.4) is 0 Å². The molecule has 2 aromatic rings. The van der Waals surface area contributed by atoms with Gasteiger partial charge in [0.05, 0.1) is 11.6 Å². The summed E-state index contributed by atoms with van der Waals surface area (Å²) in [5.41, 5.74) is -0.836. The first-order valence-corrected chi connectivity index (χ1v) is 9.72. The van der Waals surface area contributed by atoms with Gasteiger partial charge in [-0.1, -0.05) is 6.42 Å². The molecule has 7 nitrogen and oxygen atoms in total. The highest BCUT2D eigenvalue weighted by molar-refractivity contribution is 14.0. The monoisotopic (exact) mass is 529 g/mol. The van der Waals surface area contributed by atoms with Gasteiger partial charge in [-0.05, 0) is 12.8 Å².